The number of rotatable bonds is 0. The summed E-state index contributed by atoms with van der Waals surface area (Å²) < 4.78 is 61.4. The van der Waals surface area contributed by atoms with Crippen molar-refractivity contribution in [2.24, 2.45) is 0 Å². The summed E-state index contributed by atoms with van der Waals surface area (Å²) in [5, 5.41) is 0. The van der Waals surface area contributed by atoms with E-state index >= 15 is 0 Å². The van der Waals surface area contributed by atoms with Gasteiger partial charge in [0, 0.05) is 70.7 Å². The summed E-state index contributed by atoms with van der Waals surface area (Å²) in [6.07, 6.45) is 0. The monoisotopic (exact) mass is 537 g/mol. The Morgan fingerprint density at radius 3 is 0.571 bits per heavy atom. The van der Waals surface area contributed by atoms with E-state index < -0.39 is 29.0 Å². The molecule has 0 aromatic carbocycles. The molecule has 14 heteroatoms. The predicted octanol–water partition coefficient (Wildman–Crippen LogP) is -4.35. The largest absolute Gasteiger partial charge is 0 e. The zero-order valence-corrected chi connectivity index (χ0v) is 15.6. The van der Waals surface area contributed by atoms with Gasteiger partial charge in [-0.25, -0.2) is 0 Å². The van der Waals surface area contributed by atoms with Crippen molar-refractivity contribution >= 4 is 29.0 Å². The molecule has 0 bridgehead atoms. The SMILES string of the molecule is O=[As](O)(O)O.O=[As](O)(O)O.[Cu].[Cu].[Cu].[Zn]. The fourth-order valence-corrected chi connectivity index (χ4v) is 0. The molecule has 0 amide bonds. The Balaban J connectivity index is -0.0000000178. The molecule has 3 radical (unpaired) electrons. The number of hydrogen-bond acceptors (Lipinski definition) is 2. The van der Waals surface area contributed by atoms with E-state index in [1.165, 1.54) is 0 Å². The van der Waals surface area contributed by atoms with Crippen molar-refractivity contribution in [2.45, 2.75) is 0 Å². The minimum Gasteiger partial charge on any atom is 0 e. The minimum absolute atomic E-state index is 0. The van der Waals surface area contributed by atoms with E-state index in [0.717, 1.165) is 0 Å². The second-order valence-electron chi connectivity index (χ2n) is 1.03. The van der Waals surface area contributed by atoms with Crippen LogP contribution in [0.5, 0.6) is 0 Å². The molecule has 0 unspecified atom stereocenters. The van der Waals surface area contributed by atoms with E-state index in [1.54, 1.807) is 0 Å². The van der Waals surface area contributed by atoms with E-state index in [-0.39, 0.29) is 70.7 Å². The molecule has 6 N–H and O–H groups in total. The van der Waals surface area contributed by atoms with Crippen molar-refractivity contribution in [2.75, 3.05) is 0 Å². The first-order chi connectivity index (χ1) is 4.00. The second-order valence-corrected chi connectivity index (χ2v) is 5.33. The molecule has 99 valence electrons. The zero-order chi connectivity index (χ0) is 9.00. The summed E-state index contributed by atoms with van der Waals surface area (Å²) >= 11 is -10.2. The quantitative estimate of drug-likeness (QED) is 0.169. The summed E-state index contributed by atoms with van der Waals surface area (Å²) in [5.74, 6) is 0. The summed E-state index contributed by atoms with van der Waals surface area (Å²) in [4.78, 5) is 0. The molecule has 0 saturated heterocycles. The third-order valence-electron chi connectivity index (χ3n) is 0. The summed E-state index contributed by atoms with van der Waals surface area (Å²) in [6.45, 7) is 0. The van der Waals surface area contributed by atoms with Crippen LogP contribution in [0.3, 0.4) is 0 Å². The van der Waals surface area contributed by atoms with Crippen molar-refractivity contribution in [3.63, 3.8) is 0 Å². The standard InChI is InChI=1S/2AsH3O4.3Cu.Zn/c2*2-1(3,4)5;;;;/h2*(H3,2,3,4,5);;;;. The molecule has 0 aromatic rings. The maximum absolute atomic E-state index is 8.94. The van der Waals surface area contributed by atoms with Gasteiger partial charge in [-0.3, -0.25) is 0 Å². The predicted molar refractivity (Wildman–Crippen MR) is 26.2 cm³/mol. The van der Waals surface area contributed by atoms with Gasteiger partial charge in [-0.05, 0) is 0 Å². The fraction of sp³-hybridized carbons (Fsp3) is 0. The van der Waals surface area contributed by atoms with Crippen LogP contribution in [0, 0.1) is 0 Å². The molecular formula is H6As2Cu3O8Zn. The van der Waals surface area contributed by atoms with E-state index in [0.29, 0.717) is 0 Å². The molecule has 14 heavy (non-hydrogen) atoms. The summed E-state index contributed by atoms with van der Waals surface area (Å²) in [6, 6.07) is 0. The fourth-order valence-electron chi connectivity index (χ4n) is 0. The van der Waals surface area contributed by atoms with Crippen LogP contribution in [0.2, 0.25) is 0 Å². The molecule has 0 rings (SSSR count). The topological polar surface area (TPSA) is 156 Å². The van der Waals surface area contributed by atoms with E-state index in [4.69, 9.17) is 32.1 Å². The molecule has 0 aromatic heterocycles. The van der Waals surface area contributed by atoms with Gasteiger partial charge in [0.2, 0.25) is 0 Å². The van der Waals surface area contributed by atoms with Gasteiger partial charge in [0.25, 0.3) is 0 Å². The Labute approximate surface area is 130 Å². The maximum Gasteiger partial charge on any atom is 0 e. The third kappa shape index (κ3) is 387. The average Bonchev–Trinajstić information content (AvgIpc) is 1.12. The molecule has 0 heterocycles. The first kappa shape index (κ1) is 36.0. The van der Waals surface area contributed by atoms with Crippen LogP contribution in [0.4, 0.5) is 0 Å². The summed E-state index contributed by atoms with van der Waals surface area (Å²) in [7, 11) is 0. The van der Waals surface area contributed by atoms with Crippen LogP contribution in [0.15, 0.2) is 0 Å². The van der Waals surface area contributed by atoms with Crippen LogP contribution in [-0.4, -0.2) is 53.6 Å². The van der Waals surface area contributed by atoms with Crippen molar-refractivity contribution in [3.05, 3.63) is 0 Å². The van der Waals surface area contributed by atoms with E-state index in [9.17, 15) is 0 Å². The summed E-state index contributed by atoms with van der Waals surface area (Å²) in [5.41, 5.74) is 0. The van der Waals surface area contributed by atoms with E-state index in [2.05, 4.69) is 0 Å². The van der Waals surface area contributed by atoms with Crippen LogP contribution < -0.4 is 0 Å². The molecule has 8 nitrogen and oxygen atoms in total. The molecule has 0 aliphatic heterocycles. The Hall–Kier alpha value is 2.66. The maximum atomic E-state index is 8.94. The normalized spacial score (nSPS) is 8.43. The van der Waals surface area contributed by atoms with Gasteiger partial charge < -0.3 is 0 Å². The molecule has 0 spiro atoms. The van der Waals surface area contributed by atoms with Gasteiger partial charge in [-0.1, -0.05) is 0 Å². The Morgan fingerprint density at radius 1 is 0.571 bits per heavy atom. The first-order valence-electron chi connectivity index (χ1n) is 1.57. The van der Waals surface area contributed by atoms with Crippen LogP contribution in [-0.2, 0) is 78.2 Å². The Kier molecular flexibility index (Phi) is 40.2. The third-order valence-corrected chi connectivity index (χ3v) is 0. The molecule has 0 fully saturated rings. The molecule has 0 aliphatic rings. The van der Waals surface area contributed by atoms with Crippen molar-refractivity contribution < 1.29 is 103 Å². The Bertz CT molecular complexity index is 135. The first-order valence-corrected chi connectivity index (χ1v) is 8.13. The van der Waals surface area contributed by atoms with Crippen LogP contribution in [0.25, 0.3) is 0 Å². The van der Waals surface area contributed by atoms with Gasteiger partial charge >= 0.3 is 61.1 Å². The van der Waals surface area contributed by atoms with Crippen molar-refractivity contribution in [3.8, 4) is 0 Å². The number of hydrogen-bond donors (Lipinski definition) is 6. The van der Waals surface area contributed by atoms with Gasteiger partial charge in [-0.15, -0.1) is 0 Å². The van der Waals surface area contributed by atoms with Gasteiger partial charge in [-0.2, -0.15) is 0 Å². The van der Waals surface area contributed by atoms with E-state index in [1.807, 2.05) is 0 Å². The van der Waals surface area contributed by atoms with Crippen molar-refractivity contribution in [1.29, 1.82) is 0 Å². The second kappa shape index (κ2) is 15.7. The minimum atomic E-state index is -5.12. The Morgan fingerprint density at radius 2 is 0.571 bits per heavy atom. The zero-order valence-electron chi connectivity index (χ0n) is 6.01. The van der Waals surface area contributed by atoms with Crippen LogP contribution in [0.1, 0.15) is 0 Å². The smallest absolute Gasteiger partial charge is 0 e. The van der Waals surface area contributed by atoms with Crippen molar-refractivity contribution in [1.82, 2.24) is 0 Å². The molecule has 0 atom stereocenters. The molecule has 0 aliphatic carbocycles. The van der Waals surface area contributed by atoms with Crippen LogP contribution >= 0.6 is 0 Å². The van der Waals surface area contributed by atoms with Gasteiger partial charge in [0.15, 0.2) is 0 Å². The molecule has 0 saturated carbocycles. The average molecular weight is 540 g/mol. The molecular weight excluding hydrogens is 534 g/mol. The van der Waals surface area contributed by atoms with Gasteiger partial charge in [0.05, 0.1) is 0 Å². The van der Waals surface area contributed by atoms with Gasteiger partial charge in [0.1, 0.15) is 0 Å².